The topological polar surface area (TPSA) is 97.2 Å². The number of halogens is 1. The van der Waals surface area contributed by atoms with Gasteiger partial charge in [0.05, 0.1) is 6.21 Å². The first-order valence-corrected chi connectivity index (χ1v) is 7.98. The number of hydrogen-bond acceptors (Lipinski definition) is 5. The Kier molecular flexibility index (Phi) is 6.97. The first kappa shape index (κ1) is 18.5. The van der Waals surface area contributed by atoms with E-state index in [2.05, 4.69) is 26.5 Å². The second-order valence-corrected chi connectivity index (χ2v) is 5.67. The number of carboxylic acids is 1. The van der Waals surface area contributed by atoms with Crippen molar-refractivity contribution in [2.45, 2.75) is 0 Å². The molecular formula is C17H15BrN2O5. The first-order chi connectivity index (χ1) is 12.0. The molecule has 2 rings (SSSR count). The van der Waals surface area contributed by atoms with Crippen LogP contribution in [0.3, 0.4) is 0 Å². The molecule has 0 saturated heterocycles. The lowest BCUT2D eigenvalue weighted by atomic mass is 10.2. The summed E-state index contributed by atoms with van der Waals surface area (Å²) in [7, 11) is 0. The number of nitrogens with zero attached hydrogens (tertiary/aromatic N) is 1. The van der Waals surface area contributed by atoms with Crippen LogP contribution in [0, 0.1) is 0 Å². The Morgan fingerprint density at radius 3 is 2.52 bits per heavy atom. The molecule has 0 aliphatic heterocycles. The summed E-state index contributed by atoms with van der Waals surface area (Å²) in [4.78, 5) is 22.3. The summed E-state index contributed by atoms with van der Waals surface area (Å²) in [5, 5.41) is 12.5. The van der Waals surface area contributed by atoms with E-state index >= 15 is 0 Å². The molecule has 2 aromatic carbocycles. The Morgan fingerprint density at radius 1 is 1.08 bits per heavy atom. The van der Waals surface area contributed by atoms with Crippen LogP contribution in [0.4, 0.5) is 0 Å². The molecule has 0 spiro atoms. The molecule has 0 atom stereocenters. The average Bonchev–Trinajstić information content (AvgIpc) is 2.60. The third-order valence-electron chi connectivity index (χ3n) is 2.85. The summed E-state index contributed by atoms with van der Waals surface area (Å²) in [5.41, 5.74) is 2.87. The van der Waals surface area contributed by atoms with E-state index in [4.69, 9.17) is 14.6 Å². The predicted octanol–water partition coefficient (Wildman–Crippen LogP) is 2.44. The number of rotatable bonds is 8. The van der Waals surface area contributed by atoms with Crippen LogP contribution in [0.2, 0.25) is 0 Å². The van der Waals surface area contributed by atoms with Gasteiger partial charge >= 0.3 is 5.97 Å². The fraction of sp³-hybridized carbons (Fsp3) is 0.118. The second kappa shape index (κ2) is 9.43. The Balaban J connectivity index is 1.84. The molecule has 2 aromatic rings. The quantitative estimate of drug-likeness (QED) is 0.518. The summed E-state index contributed by atoms with van der Waals surface area (Å²) in [5.74, 6) is -0.586. The zero-order valence-corrected chi connectivity index (χ0v) is 14.6. The molecular weight excluding hydrogens is 392 g/mol. The minimum atomic E-state index is -1.08. The second-order valence-electron chi connectivity index (χ2n) is 4.76. The number of hydrazone groups is 1. The number of para-hydroxylation sites is 1. The fourth-order valence-corrected chi connectivity index (χ4v) is 2.01. The zero-order chi connectivity index (χ0) is 18.1. The lowest BCUT2D eigenvalue weighted by Crippen LogP contribution is -2.24. The molecule has 0 unspecified atom stereocenters. The van der Waals surface area contributed by atoms with Crippen molar-refractivity contribution < 1.29 is 24.2 Å². The third-order valence-corrected chi connectivity index (χ3v) is 3.38. The molecule has 1 amide bonds. The maximum absolute atomic E-state index is 11.7. The molecule has 25 heavy (non-hydrogen) atoms. The van der Waals surface area contributed by atoms with Crippen LogP contribution in [0.5, 0.6) is 11.5 Å². The van der Waals surface area contributed by atoms with Gasteiger partial charge in [-0.1, -0.05) is 28.1 Å². The van der Waals surface area contributed by atoms with Crippen molar-refractivity contribution in [1.29, 1.82) is 0 Å². The molecule has 0 radical (unpaired) electrons. The lowest BCUT2D eigenvalue weighted by Gasteiger charge is -2.06. The van der Waals surface area contributed by atoms with E-state index in [1.807, 2.05) is 0 Å². The van der Waals surface area contributed by atoms with Crippen LogP contribution < -0.4 is 14.9 Å². The number of carbonyl (C=O) groups is 2. The van der Waals surface area contributed by atoms with Crippen LogP contribution >= 0.6 is 15.9 Å². The number of benzene rings is 2. The molecule has 8 heteroatoms. The summed E-state index contributed by atoms with van der Waals surface area (Å²) in [6, 6.07) is 13.8. The maximum Gasteiger partial charge on any atom is 0.341 e. The average molecular weight is 407 g/mol. The van der Waals surface area contributed by atoms with Crippen LogP contribution in [-0.2, 0) is 9.59 Å². The number of carboxylic acid groups (broad SMARTS) is 1. The van der Waals surface area contributed by atoms with Gasteiger partial charge in [-0.15, -0.1) is 0 Å². The standard InChI is InChI=1S/C17H15BrN2O5/c18-13-5-7-14(8-6-13)24-10-16(21)20-19-9-12-3-1-2-4-15(12)25-11-17(22)23/h1-9H,10-11H2,(H,20,21)(H,22,23)/b19-9-. The molecule has 0 aromatic heterocycles. The molecule has 2 N–H and O–H groups in total. The Hall–Kier alpha value is -2.87. The Morgan fingerprint density at radius 2 is 1.80 bits per heavy atom. The smallest absolute Gasteiger partial charge is 0.341 e. The van der Waals surface area contributed by atoms with Crippen LogP contribution in [0.15, 0.2) is 58.1 Å². The number of carbonyl (C=O) groups excluding carboxylic acids is 1. The minimum absolute atomic E-state index is 0.184. The van der Waals surface area contributed by atoms with Crippen molar-refractivity contribution in [3.05, 3.63) is 58.6 Å². The van der Waals surface area contributed by atoms with Crippen molar-refractivity contribution in [1.82, 2.24) is 5.43 Å². The Labute approximate surface area is 152 Å². The van der Waals surface area contributed by atoms with Crippen LogP contribution in [0.1, 0.15) is 5.56 Å². The van der Waals surface area contributed by atoms with E-state index in [-0.39, 0.29) is 6.61 Å². The number of nitrogens with one attached hydrogen (secondary N) is 1. The van der Waals surface area contributed by atoms with Gasteiger partial charge in [-0.3, -0.25) is 4.79 Å². The minimum Gasteiger partial charge on any atom is -0.484 e. The van der Waals surface area contributed by atoms with Gasteiger partial charge in [-0.05, 0) is 36.4 Å². The highest BCUT2D eigenvalue weighted by molar-refractivity contribution is 9.10. The van der Waals surface area contributed by atoms with Gasteiger partial charge in [-0.25, -0.2) is 10.2 Å². The molecule has 0 heterocycles. The third kappa shape index (κ3) is 6.64. The van der Waals surface area contributed by atoms with Crippen molar-refractivity contribution in [3.8, 4) is 11.5 Å². The highest BCUT2D eigenvalue weighted by atomic mass is 79.9. The van der Waals surface area contributed by atoms with E-state index in [0.29, 0.717) is 17.1 Å². The van der Waals surface area contributed by atoms with E-state index in [0.717, 1.165) is 4.47 Å². The van der Waals surface area contributed by atoms with Gasteiger partial charge in [0.2, 0.25) is 0 Å². The largest absolute Gasteiger partial charge is 0.484 e. The number of hydrogen-bond donors (Lipinski definition) is 2. The fourth-order valence-electron chi connectivity index (χ4n) is 1.74. The van der Waals surface area contributed by atoms with Gasteiger partial charge < -0.3 is 14.6 Å². The van der Waals surface area contributed by atoms with E-state index in [1.165, 1.54) is 6.21 Å². The molecule has 0 saturated carbocycles. The van der Waals surface area contributed by atoms with Gasteiger partial charge in [0, 0.05) is 10.0 Å². The summed E-state index contributed by atoms with van der Waals surface area (Å²) in [6.07, 6.45) is 1.37. The van der Waals surface area contributed by atoms with E-state index < -0.39 is 18.5 Å². The number of ether oxygens (including phenoxy) is 2. The molecule has 0 bridgehead atoms. The molecule has 7 nitrogen and oxygen atoms in total. The maximum atomic E-state index is 11.7. The number of aliphatic carboxylic acids is 1. The van der Waals surface area contributed by atoms with Crippen molar-refractivity contribution >= 4 is 34.0 Å². The Bertz CT molecular complexity index is 762. The molecule has 0 aliphatic carbocycles. The summed E-state index contributed by atoms with van der Waals surface area (Å²) in [6.45, 7) is -0.644. The lowest BCUT2D eigenvalue weighted by molar-refractivity contribution is -0.139. The van der Waals surface area contributed by atoms with Crippen molar-refractivity contribution in [2.75, 3.05) is 13.2 Å². The summed E-state index contributed by atoms with van der Waals surface area (Å²) < 4.78 is 11.4. The monoisotopic (exact) mass is 406 g/mol. The van der Waals surface area contributed by atoms with Gasteiger partial charge in [0.25, 0.3) is 5.91 Å². The van der Waals surface area contributed by atoms with Crippen molar-refractivity contribution in [2.24, 2.45) is 5.10 Å². The normalized spacial score (nSPS) is 10.4. The highest BCUT2D eigenvalue weighted by Gasteiger charge is 2.04. The van der Waals surface area contributed by atoms with E-state index in [1.54, 1.807) is 48.5 Å². The first-order valence-electron chi connectivity index (χ1n) is 7.18. The molecule has 130 valence electrons. The highest BCUT2D eigenvalue weighted by Crippen LogP contribution is 2.16. The van der Waals surface area contributed by atoms with Gasteiger partial charge in [-0.2, -0.15) is 5.10 Å². The number of amides is 1. The van der Waals surface area contributed by atoms with Gasteiger partial charge in [0.15, 0.2) is 13.2 Å². The van der Waals surface area contributed by atoms with Crippen LogP contribution in [0.25, 0.3) is 0 Å². The van der Waals surface area contributed by atoms with Crippen LogP contribution in [-0.4, -0.2) is 36.4 Å². The summed E-state index contributed by atoms with van der Waals surface area (Å²) >= 11 is 3.31. The predicted molar refractivity (Wildman–Crippen MR) is 94.9 cm³/mol. The SMILES string of the molecule is O=C(O)COc1ccccc1/C=N\NC(=O)COc1ccc(Br)cc1. The zero-order valence-electron chi connectivity index (χ0n) is 13.0. The van der Waals surface area contributed by atoms with E-state index in [9.17, 15) is 9.59 Å². The van der Waals surface area contributed by atoms with Gasteiger partial charge in [0.1, 0.15) is 11.5 Å². The molecule has 0 aliphatic rings. The molecule has 0 fully saturated rings. The van der Waals surface area contributed by atoms with Crippen molar-refractivity contribution in [3.63, 3.8) is 0 Å².